The van der Waals surface area contributed by atoms with Crippen LogP contribution in [0.3, 0.4) is 0 Å². The van der Waals surface area contributed by atoms with E-state index in [-0.39, 0.29) is 17.6 Å². The molecule has 3 aromatic rings. The Morgan fingerprint density at radius 2 is 1.74 bits per heavy atom. The molecular formula is C24H22BrF3N2O3S. The molecule has 4 rings (SSSR count). The first-order valence-corrected chi connectivity index (χ1v) is 12.8. The van der Waals surface area contributed by atoms with E-state index in [1.54, 1.807) is 0 Å². The number of hydrogen-bond acceptors (Lipinski definition) is 4. The lowest BCUT2D eigenvalue weighted by Crippen LogP contribution is -2.44. The minimum Gasteiger partial charge on any atom is -0.404 e. The van der Waals surface area contributed by atoms with E-state index in [1.165, 1.54) is 10.4 Å². The van der Waals surface area contributed by atoms with Gasteiger partial charge in [-0.2, -0.15) is 4.31 Å². The summed E-state index contributed by atoms with van der Waals surface area (Å²) in [6, 6.07) is 20.1. The van der Waals surface area contributed by atoms with E-state index < -0.39 is 33.1 Å². The van der Waals surface area contributed by atoms with Crippen LogP contribution in [-0.4, -0.2) is 32.2 Å². The molecule has 0 bridgehead atoms. The van der Waals surface area contributed by atoms with Gasteiger partial charge in [-0.1, -0.05) is 70.5 Å². The van der Waals surface area contributed by atoms with Crippen molar-refractivity contribution in [2.45, 2.75) is 30.3 Å². The van der Waals surface area contributed by atoms with Gasteiger partial charge in [0.05, 0.1) is 6.04 Å². The average molecular weight is 555 g/mol. The lowest BCUT2D eigenvalue weighted by molar-refractivity contribution is -0.275. The molecule has 1 unspecified atom stereocenters. The summed E-state index contributed by atoms with van der Waals surface area (Å²) < 4.78 is 72.1. The van der Waals surface area contributed by atoms with Gasteiger partial charge in [-0.25, -0.2) is 8.42 Å². The number of alkyl halides is 3. The van der Waals surface area contributed by atoms with E-state index in [9.17, 15) is 21.6 Å². The van der Waals surface area contributed by atoms with Gasteiger partial charge in [0, 0.05) is 24.1 Å². The van der Waals surface area contributed by atoms with E-state index in [4.69, 9.17) is 0 Å². The van der Waals surface area contributed by atoms with Crippen molar-refractivity contribution in [3.8, 4) is 5.75 Å². The van der Waals surface area contributed by atoms with E-state index >= 15 is 0 Å². The zero-order chi connectivity index (χ0) is 24.3. The summed E-state index contributed by atoms with van der Waals surface area (Å²) in [5.74, 6) is -0.767. The summed E-state index contributed by atoms with van der Waals surface area (Å²) in [5.41, 5.74) is 2.88. The molecule has 0 spiro atoms. The predicted octanol–water partition coefficient (Wildman–Crippen LogP) is 5.43. The Hall–Kier alpha value is -2.40. The number of sulfonamides is 1. The van der Waals surface area contributed by atoms with Crippen LogP contribution < -0.4 is 10.1 Å². The van der Waals surface area contributed by atoms with Crippen molar-refractivity contribution < 1.29 is 26.3 Å². The number of benzene rings is 3. The van der Waals surface area contributed by atoms with E-state index in [0.29, 0.717) is 13.0 Å². The minimum atomic E-state index is -5.03. The second-order valence-corrected chi connectivity index (χ2v) is 10.6. The molecular weight excluding hydrogens is 533 g/mol. The Balaban J connectivity index is 1.68. The van der Waals surface area contributed by atoms with Crippen molar-refractivity contribution in [2.75, 3.05) is 13.1 Å². The van der Waals surface area contributed by atoms with Crippen LogP contribution >= 0.6 is 15.9 Å². The van der Waals surface area contributed by atoms with Gasteiger partial charge < -0.3 is 10.1 Å². The van der Waals surface area contributed by atoms with Crippen molar-refractivity contribution in [1.29, 1.82) is 0 Å². The quantitative estimate of drug-likeness (QED) is 0.423. The number of nitrogens with zero attached hydrogens (tertiary/aromatic N) is 1. The molecule has 0 aromatic heterocycles. The first-order valence-electron chi connectivity index (χ1n) is 10.5. The molecule has 0 radical (unpaired) electrons. The topological polar surface area (TPSA) is 58.6 Å². The van der Waals surface area contributed by atoms with Crippen molar-refractivity contribution in [3.63, 3.8) is 0 Å². The number of nitrogens with one attached hydrogen (secondary N) is 1. The molecule has 10 heteroatoms. The minimum absolute atomic E-state index is 0.137. The average Bonchev–Trinajstić information content (AvgIpc) is 2.78. The van der Waals surface area contributed by atoms with E-state index in [1.807, 2.05) is 54.6 Å². The summed E-state index contributed by atoms with van der Waals surface area (Å²) in [5, 5.41) is 3.30. The van der Waals surface area contributed by atoms with Crippen molar-refractivity contribution in [3.05, 3.63) is 94.0 Å². The van der Waals surface area contributed by atoms with Gasteiger partial charge in [-0.3, -0.25) is 0 Å². The van der Waals surface area contributed by atoms with Gasteiger partial charge >= 0.3 is 6.36 Å². The van der Waals surface area contributed by atoms with Gasteiger partial charge in [0.25, 0.3) is 0 Å². The van der Waals surface area contributed by atoms with Gasteiger partial charge in [-0.05, 0) is 41.3 Å². The molecule has 0 aliphatic carbocycles. The van der Waals surface area contributed by atoms with Crippen LogP contribution in [0.15, 0.2) is 82.2 Å². The summed E-state index contributed by atoms with van der Waals surface area (Å²) in [7, 11) is -4.32. The fourth-order valence-electron chi connectivity index (χ4n) is 4.10. The van der Waals surface area contributed by atoms with Crippen LogP contribution in [0.5, 0.6) is 5.75 Å². The Morgan fingerprint density at radius 3 is 2.47 bits per heavy atom. The molecule has 34 heavy (non-hydrogen) atoms. The standard InChI is InChI=1S/C24H22BrF3N2O3S/c25-19-10-11-23(22(14-19)33-24(26,27)28)34(31,32)30-13-12-18-8-4-5-9-20(18)21(30)16-29-15-17-6-2-1-3-7-17/h1-11,14,21,29H,12-13,15-16H2. The van der Waals surface area contributed by atoms with Crippen molar-refractivity contribution in [1.82, 2.24) is 9.62 Å². The summed E-state index contributed by atoms with van der Waals surface area (Å²) in [4.78, 5) is -0.527. The number of ether oxygens (including phenoxy) is 1. The van der Waals surface area contributed by atoms with Gasteiger partial charge in [0.1, 0.15) is 4.90 Å². The zero-order valence-electron chi connectivity index (χ0n) is 17.9. The Kier molecular flexibility index (Phi) is 7.32. The molecule has 1 aliphatic heterocycles. The van der Waals surface area contributed by atoms with Gasteiger partial charge in [0.15, 0.2) is 5.75 Å². The highest BCUT2D eigenvalue weighted by molar-refractivity contribution is 9.10. The highest BCUT2D eigenvalue weighted by atomic mass is 79.9. The third-order valence-electron chi connectivity index (χ3n) is 5.59. The molecule has 180 valence electrons. The fourth-order valence-corrected chi connectivity index (χ4v) is 6.15. The molecule has 3 aromatic carbocycles. The second-order valence-electron chi connectivity index (χ2n) is 7.84. The third kappa shape index (κ3) is 5.63. The second kappa shape index (κ2) is 10.1. The van der Waals surface area contributed by atoms with Crippen LogP contribution in [0, 0.1) is 0 Å². The first-order chi connectivity index (χ1) is 16.1. The fraction of sp³-hybridized carbons (Fsp3) is 0.250. The molecule has 1 aliphatic rings. The van der Waals surface area contributed by atoms with Crippen LogP contribution in [0.1, 0.15) is 22.7 Å². The lowest BCUT2D eigenvalue weighted by Gasteiger charge is -2.37. The molecule has 0 saturated heterocycles. The Labute approximate surface area is 204 Å². The maximum Gasteiger partial charge on any atom is 0.573 e. The normalized spacial score (nSPS) is 16.8. The molecule has 0 amide bonds. The van der Waals surface area contributed by atoms with Gasteiger partial charge in [-0.15, -0.1) is 13.2 Å². The van der Waals surface area contributed by atoms with Crippen molar-refractivity contribution >= 4 is 26.0 Å². The SMILES string of the molecule is O=S(=O)(c1ccc(Br)cc1OC(F)(F)F)N1CCc2ccccc2C1CNCc1ccccc1. The maximum atomic E-state index is 13.7. The molecule has 1 N–H and O–H groups in total. The van der Waals surface area contributed by atoms with Crippen molar-refractivity contribution in [2.24, 2.45) is 0 Å². The Morgan fingerprint density at radius 1 is 1.03 bits per heavy atom. The third-order valence-corrected chi connectivity index (χ3v) is 8.03. The highest BCUT2D eigenvalue weighted by Gasteiger charge is 2.40. The smallest absolute Gasteiger partial charge is 0.404 e. The molecule has 1 heterocycles. The number of fused-ring (bicyclic) bond motifs is 1. The van der Waals surface area contributed by atoms with Crippen LogP contribution in [0.4, 0.5) is 13.2 Å². The number of hydrogen-bond donors (Lipinski definition) is 1. The maximum absolute atomic E-state index is 13.7. The molecule has 0 saturated carbocycles. The zero-order valence-corrected chi connectivity index (χ0v) is 20.3. The molecule has 5 nitrogen and oxygen atoms in total. The number of rotatable bonds is 7. The first kappa shape index (κ1) is 24.7. The summed E-state index contributed by atoms with van der Waals surface area (Å²) >= 11 is 3.09. The largest absolute Gasteiger partial charge is 0.573 e. The molecule has 0 fully saturated rings. The van der Waals surface area contributed by atoms with Crippen LogP contribution in [-0.2, 0) is 23.0 Å². The van der Waals surface area contributed by atoms with E-state index in [0.717, 1.165) is 28.8 Å². The highest BCUT2D eigenvalue weighted by Crippen LogP contribution is 2.39. The monoisotopic (exact) mass is 554 g/mol. The van der Waals surface area contributed by atoms with Crippen LogP contribution in [0.25, 0.3) is 0 Å². The Bertz CT molecular complexity index is 1250. The lowest BCUT2D eigenvalue weighted by atomic mass is 9.94. The summed E-state index contributed by atoms with van der Waals surface area (Å²) in [6.07, 6.45) is -4.58. The number of halogens is 4. The van der Waals surface area contributed by atoms with Gasteiger partial charge in [0.2, 0.25) is 10.0 Å². The summed E-state index contributed by atoms with van der Waals surface area (Å²) in [6.45, 7) is 0.948. The molecule has 1 atom stereocenters. The van der Waals surface area contributed by atoms with E-state index in [2.05, 4.69) is 26.0 Å². The van der Waals surface area contributed by atoms with Crippen LogP contribution in [0.2, 0.25) is 0 Å². The predicted molar refractivity (Wildman–Crippen MR) is 126 cm³/mol.